The van der Waals surface area contributed by atoms with Gasteiger partial charge in [-0.15, -0.1) is 0 Å². The van der Waals surface area contributed by atoms with Crippen molar-refractivity contribution in [1.82, 2.24) is 14.6 Å². The van der Waals surface area contributed by atoms with E-state index in [2.05, 4.69) is 26.8 Å². The summed E-state index contributed by atoms with van der Waals surface area (Å²) < 4.78 is 34.6. The molecule has 2 heterocycles. The number of hydrogen-bond donors (Lipinski definition) is 3. The zero-order valence-electron chi connectivity index (χ0n) is 25.1. The van der Waals surface area contributed by atoms with E-state index in [-0.39, 0.29) is 17.4 Å². The van der Waals surface area contributed by atoms with Crippen LogP contribution in [0.1, 0.15) is 30.9 Å². The fourth-order valence-corrected chi connectivity index (χ4v) is 6.40. The second kappa shape index (κ2) is 14.0. The van der Waals surface area contributed by atoms with Crippen LogP contribution in [-0.2, 0) is 26.0 Å². The normalized spacial score (nSPS) is 14.4. The molecule has 0 aliphatic carbocycles. The SMILES string of the molecule is CCCCOC(=O)N1CCN(c2ccc(NC(=O)C(Cc3c[nH]c4ccccc34)NS(=O)(=O)c3ccc(C)cc3)cc2)CC1. The van der Waals surface area contributed by atoms with Gasteiger partial charge in [-0.05, 0) is 67.8 Å². The molecule has 3 N–H and O–H groups in total. The molecule has 1 saturated heterocycles. The highest BCUT2D eigenvalue weighted by Crippen LogP contribution is 2.23. The summed E-state index contributed by atoms with van der Waals surface area (Å²) in [5, 5.41) is 3.83. The van der Waals surface area contributed by atoms with Crippen LogP contribution in [0.5, 0.6) is 0 Å². The van der Waals surface area contributed by atoms with Crippen molar-refractivity contribution < 1.29 is 22.7 Å². The molecule has 11 heteroatoms. The number of sulfonamides is 1. The molecule has 10 nitrogen and oxygen atoms in total. The Morgan fingerprint density at radius 1 is 0.955 bits per heavy atom. The Kier molecular flexibility index (Phi) is 9.86. The van der Waals surface area contributed by atoms with Gasteiger partial charge >= 0.3 is 6.09 Å². The number of fused-ring (bicyclic) bond motifs is 1. The van der Waals surface area contributed by atoms with Gasteiger partial charge in [0.2, 0.25) is 15.9 Å². The van der Waals surface area contributed by atoms with Crippen LogP contribution in [0.15, 0.2) is 83.9 Å². The summed E-state index contributed by atoms with van der Waals surface area (Å²) >= 11 is 0. The molecule has 232 valence electrons. The van der Waals surface area contributed by atoms with Crippen molar-refractivity contribution in [3.63, 3.8) is 0 Å². The standard InChI is InChI=1S/C33H39N5O5S/c1-3-4-21-43-33(40)38-19-17-37(18-20-38)27-13-11-26(12-14-27)35-32(39)31(22-25-23-34-30-8-6-5-7-29(25)30)36-44(41,42)28-15-9-24(2)10-16-28/h5-16,23,31,34,36H,3-4,17-22H2,1-2H3,(H,35,39). The molecule has 0 bridgehead atoms. The first-order valence-electron chi connectivity index (χ1n) is 14.9. The number of anilines is 2. The van der Waals surface area contributed by atoms with Crippen molar-refractivity contribution in [2.75, 3.05) is 43.0 Å². The van der Waals surface area contributed by atoms with Crippen molar-refractivity contribution in [3.8, 4) is 0 Å². The van der Waals surface area contributed by atoms with Crippen molar-refractivity contribution >= 4 is 44.3 Å². The van der Waals surface area contributed by atoms with Gasteiger partial charge < -0.3 is 24.8 Å². The molecular weight excluding hydrogens is 578 g/mol. The van der Waals surface area contributed by atoms with Crippen LogP contribution in [-0.4, -0.2) is 69.1 Å². The maximum atomic E-state index is 13.6. The summed E-state index contributed by atoms with van der Waals surface area (Å²) in [6.45, 7) is 6.86. The van der Waals surface area contributed by atoms with Gasteiger partial charge in [0, 0.05) is 54.7 Å². The molecule has 5 rings (SSSR count). The lowest BCUT2D eigenvalue weighted by atomic mass is 10.0. The van der Waals surface area contributed by atoms with E-state index < -0.39 is 22.0 Å². The highest BCUT2D eigenvalue weighted by molar-refractivity contribution is 7.89. The van der Waals surface area contributed by atoms with Gasteiger partial charge in [0.25, 0.3) is 0 Å². The number of ether oxygens (including phenoxy) is 1. The highest BCUT2D eigenvalue weighted by Gasteiger charge is 2.28. The van der Waals surface area contributed by atoms with Gasteiger partial charge in [0.1, 0.15) is 6.04 Å². The van der Waals surface area contributed by atoms with Crippen LogP contribution >= 0.6 is 0 Å². The second-order valence-corrected chi connectivity index (χ2v) is 12.7. The number of amides is 2. The van der Waals surface area contributed by atoms with E-state index in [9.17, 15) is 18.0 Å². The zero-order chi connectivity index (χ0) is 31.1. The number of carbonyl (C=O) groups excluding carboxylic acids is 2. The molecule has 1 aliphatic rings. The molecule has 1 aliphatic heterocycles. The predicted octanol–water partition coefficient (Wildman–Crippen LogP) is 5.06. The summed E-state index contributed by atoms with van der Waals surface area (Å²) in [4.78, 5) is 33.1. The molecule has 3 aromatic carbocycles. The topological polar surface area (TPSA) is 124 Å². The van der Waals surface area contributed by atoms with Crippen molar-refractivity contribution in [2.24, 2.45) is 0 Å². The van der Waals surface area contributed by atoms with Crippen LogP contribution < -0.4 is 14.9 Å². The Balaban J connectivity index is 1.26. The number of piperazine rings is 1. The lowest BCUT2D eigenvalue weighted by Gasteiger charge is -2.35. The lowest BCUT2D eigenvalue weighted by Crippen LogP contribution is -2.49. The predicted molar refractivity (Wildman–Crippen MR) is 172 cm³/mol. The van der Waals surface area contributed by atoms with Crippen molar-refractivity contribution in [1.29, 1.82) is 0 Å². The van der Waals surface area contributed by atoms with Crippen molar-refractivity contribution in [3.05, 3.63) is 90.1 Å². The van der Waals surface area contributed by atoms with Crippen LogP contribution in [0.25, 0.3) is 10.9 Å². The smallest absolute Gasteiger partial charge is 0.409 e. The van der Waals surface area contributed by atoms with E-state index in [4.69, 9.17) is 4.74 Å². The second-order valence-electron chi connectivity index (χ2n) is 11.0. The Hall–Kier alpha value is -4.35. The minimum absolute atomic E-state index is 0.0958. The molecule has 0 radical (unpaired) electrons. The molecule has 1 atom stereocenters. The Labute approximate surface area is 258 Å². The molecule has 1 fully saturated rings. The molecule has 1 aromatic heterocycles. The third-order valence-corrected chi connectivity index (χ3v) is 9.29. The number of hydrogen-bond acceptors (Lipinski definition) is 6. The van der Waals surface area contributed by atoms with E-state index in [1.54, 1.807) is 29.2 Å². The average molecular weight is 618 g/mol. The lowest BCUT2D eigenvalue weighted by molar-refractivity contribution is -0.117. The summed E-state index contributed by atoms with van der Waals surface area (Å²) in [7, 11) is -3.97. The maximum Gasteiger partial charge on any atom is 0.409 e. The largest absolute Gasteiger partial charge is 0.449 e. The maximum absolute atomic E-state index is 13.6. The Bertz CT molecular complexity index is 1680. The first-order valence-corrected chi connectivity index (χ1v) is 16.4. The third-order valence-electron chi connectivity index (χ3n) is 7.81. The van der Waals surface area contributed by atoms with Gasteiger partial charge in [-0.1, -0.05) is 49.2 Å². The minimum Gasteiger partial charge on any atom is -0.449 e. The molecule has 2 amide bonds. The number of unbranched alkanes of at least 4 members (excludes halogenated alkanes) is 1. The van der Waals surface area contributed by atoms with Gasteiger partial charge in [0.15, 0.2) is 0 Å². The number of H-pyrrole nitrogens is 1. The fraction of sp³-hybridized carbons (Fsp3) is 0.333. The number of carbonyl (C=O) groups is 2. The monoisotopic (exact) mass is 617 g/mol. The summed E-state index contributed by atoms with van der Waals surface area (Å²) in [5.41, 5.74) is 4.20. The van der Waals surface area contributed by atoms with E-state index in [1.165, 1.54) is 12.1 Å². The number of nitrogens with zero attached hydrogens (tertiary/aromatic N) is 2. The van der Waals surface area contributed by atoms with Crippen LogP contribution in [0, 0.1) is 6.92 Å². The fourth-order valence-electron chi connectivity index (χ4n) is 5.21. The Morgan fingerprint density at radius 3 is 2.36 bits per heavy atom. The van der Waals surface area contributed by atoms with Crippen LogP contribution in [0.4, 0.5) is 16.2 Å². The molecule has 0 spiro atoms. The van der Waals surface area contributed by atoms with E-state index in [0.29, 0.717) is 38.5 Å². The number of para-hydroxylation sites is 1. The van der Waals surface area contributed by atoms with E-state index >= 15 is 0 Å². The summed E-state index contributed by atoms with van der Waals surface area (Å²) in [6, 6.07) is 20.6. The molecule has 44 heavy (non-hydrogen) atoms. The van der Waals surface area contributed by atoms with Gasteiger partial charge in [-0.2, -0.15) is 4.72 Å². The number of aromatic amines is 1. The van der Waals surface area contributed by atoms with Crippen LogP contribution in [0.3, 0.4) is 0 Å². The number of aryl methyl sites for hydroxylation is 1. The summed E-state index contributed by atoms with van der Waals surface area (Å²) in [5.74, 6) is -0.464. The number of rotatable bonds is 11. The quantitative estimate of drug-likeness (QED) is 0.202. The molecule has 4 aromatic rings. The van der Waals surface area contributed by atoms with Gasteiger partial charge in [0.05, 0.1) is 11.5 Å². The van der Waals surface area contributed by atoms with E-state index in [1.807, 2.05) is 49.5 Å². The van der Waals surface area contributed by atoms with Gasteiger partial charge in [-0.3, -0.25) is 4.79 Å². The highest BCUT2D eigenvalue weighted by atomic mass is 32.2. The van der Waals surface area contributed by atoms with Gasteiger partial charge in [-0.25, -0.2) is 13.2 Å². The first kappa shape index (κ1) is 31.1. The molecule has 0 saturated carbocycles. The number of aromatic nitrogens is 1. The molecule has 1 unspecified atom stereocenters. The minimum atomic E-state index is -3.97. The number of nitrogens with one attached hydrogen (secondary N) is 3. The van der Waals surface area contributed by atoms with Crippen molar-refractivity contribution in [2.45, 2.75) is 44.0 Å². The third kappa shape index (κ3) is 7.59. The van der Waals surface area contributed by atoms with E-state index in [0.717, 1.165) is 40.6 Å². The average Bonchev–Trinajstić information content (AvgIpc) is 3.44. The Morgan fingerprint density at radius 2 is 1.66 bits per heavy atom. The molecular formula is C33H39N5O5S. The number of benzene rings is 3. The zero-order valence-corrected chi connectivity index (χ0v) is 25.9. The van der Waals surface area contributed by atoms with Crippen LogP contribution in [0.2, 0.25) is 0 Å². The summed E-state index contributed by atoms with van der Waals surface area (Å²) in [6.07, 6.45) is 3.54. The first-order chi connectivity index (χ1) is 21.2.